The predicted molar refractivity (Wildman–Crippen MR) is 98.3 cm³/mol. The highest BCUT2D eigenvalue weighted by Crippen LogP contribution is 2.23. The molecule has 0 aromatic heterocycles. The molecular formula is C18H25BN2O6. The van der Waals surface area contributed by atoms with Gasteiger partial charge in [0.2, 0.25) is 0 Å². The lowest BCUT2D eigenvalue weighted by molar-refractivity contribution is -0.837. The summed E-state index contributed by atoms with van der Waals surface area (Å²) >= 11 is 0. The lowest BCUT2D eigenvalue weighted by atomic mass is 9.69. The van der Waals surface area contributed by atoms with Crippen molar-refractivity contribution in [2.75, 3.05) is 13.1 Å². The van der Waals surface area contributed by atoms with Gasteiger partial charge in [-0.3, -0.25) is 4.79 Å². The van der Waals surface area contributed by atoms with Crippen molar-refractivity contribution in [2.45, 2.75) is 40.2 Å². The molecule has 1 aliphatic heterocycles. The summed E-state index contributed by atoms with van der Waals surface area (Å²) in [5.74, 6) is -2.09. The minimum Gasteiger partial charge on any atom is -0.491 e. The molecule has 1 heterocycles. The highest BCUT2D eigenvalue weighted by molar-refractivity contribution is 6.65. The Hall–Kier alpha value is -2.39. The van der Waals surface area contributed by atoms with Crippen molar-refractivity contribution in [1.29, 1.82) is 0 Å². The molecule has 0 saturated carbocycles. The normalized spacial score (nSPS) is 17.0. The van der Waals surface area contributed by atoms with E-state index in [0.29, 0.717) is 10.4 Å². The first kappa shape index (κ1) is 20.9. The van der Waals surface area contributed by atoms with Gasteiger partial charge in [0.05, 0.1) is 0 Å². The van der Waals surface area contributed by atoms with Crippen molar-refractivity contribution < 1.29 is 33.7 Å². The zero-order chi connectivity index (χ0) is 20.5. The van der Waals surface area contributed by atoms with Gasteiger partial charge in [-0.05, 0) is 61.9 Å². The van der Waals surface area contributed by atoms with E-state index >= 15 is 0 Å². The SMILES string of the molecule is [CH2-][NH+]1CC(=O)OB(c2c(C)c(C)c(CC(N)C(=O)O)c(C)c2C)OC(=O)C1. The van der Waals surface area contributed by atoms with E-state index in [-0.39, 0.29) is 19.5 Å². The number of nitrogens with two attached hydrogens (primary N) is 1. The molecule has 1 aromatic rings. The fourth-order valence-electron chi connectivity index (χ4n) is 3.32. The highest BCUT2D eigenvalue weighted by atomic mass is 16.6. The molecule has 1 aromatic carbocycles. The number of hydrogen-bond donors (Lipinski definition) is 3. The largest absolute Gasteiger partial charge is 0.637 e. The Bertz CT molecular complexity index is 746. The van der Waals surface area contributed by atoms with Crippen LogP contribution in [0.5, 0.6) is 0 Å². The van der Waals surface area contributed by atoms with Gasteiger partial charge in [-0.25, -0.2) is 9.59 Å². The average molecular weight is 376 g/mol. The number of hydrogen-bond acceptors (Lipinski definition) is 6. The second-order valence-electron chi connectivity index (χ2n) is 6.96. The maximum atomic E-state index is 12.1. The van der Waals surface area contributed by atoms with Crippen LogP contribution in [0.15, 0.2) is 0 Å². The molecule has 0 bridgehead atoms. The van der Waals surface area contributed by atoms with Gasteiger partial charge < -0.3 is 25.0 Å². The zero-order valence-corrected chi connectivity index (χ0v) is 16.0. The monoisotopic (exact) mass is 376 g/mol. The van der Waals surface area contributed by atoms with Gasteiger partial charge >= 0.3 is 25.0 Å². The quantitative estimate of drug-likeness (QED) is 0.425. The summed E-state index contributed by atoms with van der Waals surface area (Å²) < 4.78 is 10.8. The van der Waals surface area contributed by atoms with Crippen LogP contribution in [0.25, 0.3) is 0 Å². The Kier molecular flexibility index (Phi) is 6.28. The number of nitrogens with one attached hydrogen (secondary N) is 1. The third-order valence-corrected chi connectivity index (χ3v) is 5.08. The van der Waals surface area contributed by atoms with Gasteiger partial charge in [0.1, 0.15) is 6.04 Å². The third-order valence-electron chi connectivity index (χ3n) is 5.08. The Morgan fingerprint density at radius 1 is 1.11 bits per heavy atom. The lowest BCUT2D eigenvalue weighted by Gasteiger charge is -2.27. The molecule has 1 saturated heterocycles. The van der Waals surface area contributed by atoms with Crippen LogP contribution in [-0.2, 0) is 30.1 Å². The van der Waals surface area contributed by atoms with Crippen molar-refractivity contribution >= 4 is 30.5 Å². The molecule has 0 amide bonds. The van der Waals surface area contributed by atoms with E-state index in [1.807, 2.05) is 27.7 Å². The second kappa shape index (κ2) is 8.10. The number of benzene rings is 1. The molecule has 146 valence electrons. The fraction of sp³-hybridized carbons (Fsp3) is 0.444. The smallest absolute Gasteiger partial charge is 0.491 e. The van der Waals surface area contributed by atoms with Gasteiger partial charge in [0.15, 0.2) is 13.1 Å². The minimum absolute atomic E-state index is 0.0345. The van der Waals surface area contributed by atoms with E-state index in [1.54, 1.807) is 0 Å². The van der Waals surface area contributed by atoms with E-state index in [0.717, 1.165) is 27.8 Å². The maximum Gasteiger partial charge on any atom is 0.637 e. The first-order valence-corrected chi connectivity index (χ1v) is 8.66. The summed E-state index contributed by atoms with van der Waals surface area (Å²) in [5.41, 5.74) is 10.4. The number of carboxylic acid groups (broad SMARTS) is 1. The topological polar surface area (TPSA) is 120 Å². The van der Waals surface area contributed by atoms with Gasteiger partial charge in [0.25, 0.3) is 0 Å². The molecule has 0 aliphatic carbocycles. The molecule has 0 radical (unpaired) electrons. The summed E-state index contributed by atoms with van der Waals surface area (Å²) in [6.45, 7) is 7.28. The summed E-state index contributed by atoms with van der Waals surface area (Å²) in [6, 6.07) is -1.02. The minimum atomic E-state index is -1.14. The van der Waals surface area contributed by atoms with Crippen molar-refractivity contribution in [3.8, 4) is 0 Å². The first-order chi connectivity index (χ1) is 12.5. The molecule has 1 aliphatic rings. The van der Waals surface area contributed by atoms with Gasteiger partial charge in [-0.15, -0.1) is 7.05 Å². The van der Waals surface area contributed by atoms with Crippen LogP contribution in [0.1, 0.15) is 27.8 Å². The van der Waals surface area contributed by atoms with Gasteiger partial charge in [-0.1, -0.05) is 0 Å². The van der Waals surface area contributed by atoms with E-state index in [4.69, 9.17) is 20.1 Å². The summed E-state index contributed by atoms with van der Waals surface area (Å²) in [4.78, 5) is 35.7. The standard InChI is InChI=1S/C18H25BN2O6/c1-9-11(3)17(12(4)10(2)13(9)6-14(20)18(24)25)19-26-15(22)7-21(5)8-16(23)27-19/h14,21H,5-8,20H2,1-4H3,(H,24,25). The Balaban J connectivity index is 2.49. The number of aliphatic carboxylic acids is 1. The number of quaternary nitrogens is 1. The van der Waals surface area contributed by atoms with Crippen LogP contribution in [0.2, 0.25) is 0 Å². The van der Waals surface area contributed by atoms with Crippen LogP contribution in [0.4, 0.5) is 0 Å². The highest BCUT2D eigenvalue weighted by Gasteiger charge is 2.38. The molecule has 4 N–H and O–H groups in total. The molecule has 0 spiro atoms. The van der Waals surface area contributed by atoms with Crippen LogP contribution < -0.4 is 16.1 Å². The van der Waals surface area contributed by atoms with E-state index in [1.165, 1.54) is 0 Å². The van der Waals surface area contributed by atoms with Crippen molar-refractivity contribution in [2.24, 2.45) is 5.73 Å². The lowest BCUT2D eigenvalue weighted by Crippen LogP contribution is -3.09. The number of carbonyl (C=O) groups is 3. The molecule has 27 heavy (non-hydrogen) atoms. The maximum absolute atomic E-state index is 12.1. The first-order valence-electron chi connectivity index (χ1n) is 8.66. The predicted octanol–water partition coefficient (Wildman–Crippen LogP) is -1.65. The van der Waals surface area contributed by atoms with Gasteiger partial charge in [-0.2, -0.15) is 0 Å². The molecule has 9 heteroatoms. The zero-order valence-electron chi connectivity index (χ0n) is 16.0. The van der Waals surface area contributed by atoms with Crippen molar-refractivity contribution in [3.63, 3.8) is 0 Å². The summed E-state index contributed by atoms with van der Waals surface area (Å²) in [7, 11) is 2.53. The second-order valence-corrected chi connectivity index (χ2v) is 6.96. The Labute approximate surface area is 158 Å². The molecule has 1 fully saturated rings. The van der Waals surface area contributed by atoms with Gasteiger partial charge in [0, 0.05) is 5.46 Å². The average Bonchev–Trinajstić information content (AvgIpc) is 2.55. The van der Waals surface area contributed by atoms with Crippen molar-refractivity contribution in [3.05, 3.63) is 34.9 Å². The van der Waals surface area contributed by atoms with E-state index < -0.39 is 31.1 Å². The molecule has 1 atom stereocenters. The number of carboxylic acids is 1. The molecule has 8 nitrogen and oxygen atoms in total. The fourth-order valence-corrected chi connectivity index (χ4v) is 3.32. The Morgan fingerprint density at radius 3 is 1.96 bits per heavy atom. The summed E-state index contributed by atoms with van der Waals surface area (Å²) in [6.07, 6.45) is 0.180. The number of rotatable bonds is 4. The molecular weight excluding hydrogens is 351 g/mol. The van der Waals surface area contributed by atoms with E-state index in [2.05, 4.69) is 7.05 Å². The number of carbonyl (C=O) groups excluding carboxylic acids is 2. The van der Waals surface area contributed by atoms with E-state index in [9.17, 15) is 14.4 Å². The third kappa shape index (κ3) is 4.48. The Morgan fingerprint density at radius 2 is 1.56 bits per heavy atom. The van der Waals surface area contributed by atoms with Crippen LogP contribution in [0.3, 0.4) is 0 Å². The molecule has 1 unspecified atom stereocenters. The van der Waals surface area contributed by atoms with Crippen LogP contribution in [-0.4, -0.2) is 49.3 Å². The van der Waals surface area contributed by atoms with Crippen LogP contribution >= 0.6 is 0 Å². The van der Waals surface area contributed by atoms with Crippen molar-refractivity contribution in [1.82, 2.24) is 0 Å². The molecule has 2 rings (SSSR count). The van der Waals surface area contributed by atoms with Crippen LogP contribution in [0, 0.1) is 34.7 Å². The summed E-state index contributed by atoms with van der Waals surface area (Å²) in [5, 5.41) is 9.11.